The van der Waals surface area contributed by atoms with Gasteiger partial charge in [-0.25, -0.2) is 0 Å². The number of tetrazole rings is 1. The van der Waals surface area contributed by atoms with Crippen LogP contribution in [0, 0.1) is 10.1 Å². The van der Waals surface area contributed by atoms with Gasteiger partial charge in [0.15, 0.2) is 11.5 Å². The standard InChI is InChI=1S/C15H16N8O2/c24-23(25)13-3-1-2-12(10-13)11-20-6-8-21(9-7-20)15-5-4-14-16-18-19-22(14)17-15/h1-5,10H,6-9,11H2. The third-order valence-corrected chi connectivity index (χ3v) is 4.28. The first-order valence-corrected chi connectivity index (χ1v) is 7.95. The first-order valence-electron chi connectivity index (χ1n) is 7.95. The Kier molecular flexibility index (Phi) is 3.94. The van der Waals surface area contributed by atoms with Gasteiger partial charge in [0, 0.05) is 44.9 Å². The molecular weight excluding hydrogens is 324 g/mol. The summed E-state index contributed by atoms with van der Waals surface area (Å²) in [5.74, 6) is 0.842. The predicted molar refractivity (Wildman–Crippen MR) is 89.2 cm³/mol. The van der Waals surface area contributed by atoms with Gasteiger partial charge in [-0.15, -0.1) is 14.8 Å². The van der Waals surface area contributed by atoms with Crippen molar-refractivity contribution in [1.29, 1.82) is 0 Å². The van der Waals surface area contributed by atoms with Crippen LogP contribution in [0.15, 0.2) is 36.4 Å². The number of hydrogen-bond donors (Lipinski definition) is 0. The van der Waals surface area contributed by atoms with E-state index in [9.17, 15) is 10.1 Å². The van der Waals surface area contributed by atoms with E-state index in [4.69, 9.17) is 0 Å². The second kappa shape index (κ2) is 6.40. The van der Waals surface area contributed by atoms with Gasteiger partial charge in [-0.3, -0.25) is 15.0 Å². The molecule has 4 rings (SSSR count). The smallest absolute Gasteiger partial charge is 0.269 e. The highest BCUT2D eigenvalue weighted by Gasteiger charge is 2.19. The van der Waals surface area contributed by atoms with Crippen LogP contribution in [-0.4, -0.2) is 61.3 Å². The number of anilines is 1. The van der Waals surface area contributed by atoms with Crippen molar-refractivity contribution < 1.29 is 4.92 Å². The summed E-state index contributed by atoms with van der Waals surface area (Å²) in [6, 6.07) is 10.6. The van der Waals surface area contributed by atoms with Crippen LogP contribution in [0.25, 0.3) is 5.65 Å². The Labute approximate surface area is 142 Å². The minimum absolute atomic E-state index is 0.134. The highest BCUT2D eigenvalue weighted by atomic mass is 16.6. The van der Waals surface area contributed by atoms with E-state index in [2.05, 4.69) is 30.4 Å². The summed E-state index contributed by atoms with van der Waals surface area (Å²) in [6.45, 7) is 4.08. The molecule has 25 heavy (non-hydrogen) atoms. The lowest BCUT2D eigenvalue weighted by atomic mass is 10.1. The van der Waals surface area contributed by atoms with Crippen molar-refractivity contribution in [3.8, 4) is 0 Å². The van der Waals surface area contributed by atoms with Gasteiger partial charge < -0.3 is 4.90 Å². The molecule has 0 N–H and O–H groups in total. The molecule has 1 aromatic carbocycles. The predicted octanol–water partition coefficient (Wildman–Crippen LogP) is 0.750. The molecule has 0 saturated carbocycles. The Morgan fingerprint density at radius 1 is 1.12 bits per heavy atom. The lowest BCUT2D eigenvalue weighted by Crippen LogP contribution is -2.46. The van der Waals surface area contributed by atoms with Crippen molar-refractivity contribution >= 4 is 17.2 Å². The van der Waals surface area contributed by atoms with Crippen molar-refractivity contribution in [1.82, 2.24) is 30.2 Å². The lowest BCUT2D eigenvalue weighted by Gasteiger charge is -2.35. The fourth-order valence-electron chi connectivity index (χ4n) is 2.97. The van der Waals surface area contributed by atoms with Crippen molar-refractivity contribution in [2.45, 2.75) is 6.54 Å². The first kappa shape index (κ1) is 15.4. The summed E-state index contributed by atoms with van der Waals surface area (Å²) in [4.78, 5) is 15.0. The molecule has 0 spiro atoms. The number of aromatic nitrogens is 5. The summed E-state index contributed by atoms with van der Waals surface area (Å²) in [6.07, 6.45) is 0. The van der Waals surface area contributed by atoms with Crippen LogP contribution in [0.1, 0.15) is 5.56 Å². The van der Waals surface area contributed by atoms with Crippen LogP contribution < -0.4 is 4.90 Å². The Morgan fingerprint density at radius 2 is 1.96 bits per heavy atom. The molecule has 2 aromatic heterocycles. The van der Waals surface area contributed by atoms with Gasteiger partial charge in [-0.1, -0.05) is 12.1 Å². The Morgan fingerprint density at radius 3 is 2.76 bits per heavy atom. The van der Waals surface area contributed by atoms with Gasteiger partial charge in [0.1, 0.15) is 0 Å². The number of nitro benzene ring substituents is 1. The SMILES string of the molecule is O=[N+]([O-])c1cccc(CN2CCN(c3ccc4nnnn4n3)CC2)c1. The Hall–Kier alpha value is -3.14. The summed E-state index contributed by atoms with van der Waals surface area (Å²) in [7, 11) is 0. The average Bonchev–Trinajstić information content (AvgIpc) is 3.10. The van der Waals surface area contributed by atoms with Gasteiger partial charge in [0.05, 0.1) is 4.92 Å². The second-order valence-corrected chi connectivity index (χ2v) is 5.91. The molecule has 1 fully saturated rings. The molecule has 0 aliphatic carbocycles. The fourth-order valence-corrected chi connectivity index (χ4v) is 2.97. The van der Waals surface area contributed by atoms with Gasteiger partial charge in [-0.2, -0.15) is 0 Å². The van der Waals surface area contributed by atoms with Crippen LogP contribution in [0.2, 0.25) is 0 Å². The first-order chi connectivity index (χ1) is 12.2. The van der Waals surface area contributed by atoms with Gasteiger partial charge >= 0.3 is 0 Å². The summed E-state index contributed by atoms with van der Waals surface area (Å²) >= 11 is 0. The second-order valence-electron chi connectivity index (χ2n) is 5.91. The average molecular weight is 340 g/mol. The number of benzene rings is 1. The van der Waals surface area contributed by atoms with Crippen LogP contribution in [0.3, 0.4) is 0 Å². The lowest BCUT2D eigenvalue weighted by molar-refractivity contribution is -0.384. The number of nitrogens with zero attached hydrogens (tertiary/aromatic N) is 8. The van der Waals surface area contributed by atoms with E-state index in [1.165, 1.54) is 10.7 Å². The molecule has 3 aromatic rings. The maximum Gasteiger partial charge on any atom is 0.269 e. The number of hydrogen-bond acceptors (Lipinski definition) is 8. The van der Waals surface area contributed by atoms with Crippen molar-refractivity contribution in [2.75, 3.05) is 31.1 Å². The molecule has 0 bridgehead atoms. The van der Waals surface area contributed by atoms with E-state index in [-0.39, 0.29) is 10.6 Å². The Bertz CT molecular complexity index is 903. The van der Waals surface area contributed by atoms with Crippen molar-refractivity contribution in [3.63, 3.8) is 0 Å². The van der Waals surface area contributed by atoms with E-state index in [0.717, 1.165) is 37.6 Å². The molecule has 128 valence electrons. The van der Waals surface area contributed by atoms with Gasteiger partial charge in [0.25, 0.3) is 5.69 Å². The van der Waals surface area contributed by atoms with E-state index in [1.807, 2.05) is 18.2 Å². The van der Waals surface area contributed by atoms with Gasteiger partial charge in [0.2, 0.25) is 0 Å². The number of fused-ring (bicyclic) bond motifs is 1. The highest BCUT2D eigenvalue weighted by Crippen LogP contribution is 2.17. The maximum atomic E-state index is 10.9. The number of nitro groups is 1. The molecule has 0 radical (unpaired) electrons. The molecular formula is C15H16N8O2. The monoisotopic (exact) mass is 340 g/mol. The number of piperazine rings is 1. The largest absolute Gasteiger partial charge is 0.353 e. The van der Waals surface area contributed by atoms with Crippen LogP contribution in [-0.2, 0) is 6.54 Å². The number of rotatable bonds is 4. The zero-order valence-corrected chi connectivity index (χ0v) is 13.4. The topological polar surface area (TPSA) is 106 Å². The van der Waals surface area contributed by atoms with E-state index in [0.29, 0.717) is 12.2 Å². The maximum absolute atomic E-state index is 10.9. The van der Waals surface area contributed by atoms with E-state index >= 15 is 0 Å². The minimum Gasteiger partial charge on any atom is -0.353 e. The zero-order valence-electron chi connectivity index (χ0n) is 13.4. The molecule has 0 atom stereocenters. The van der Waals surface area contributed by atoms with E-state index < -0.39 is 0 Å². The van der Waals surface area contributed by atoms with E-state index in [1.54, 1.807) is 12.1 Å². The third-order valence-electron chi connectivity index (χ3n) is 4.28. The fraction of sp³-hybridized carbons (Fsp3) is 0.333. The molecule has 0 unspecified atom stereocenters. The molecule has 10 nitrogen and oxygen atoms in total. The van der Waals surface area contributed by atoms with Crippen LogP contribution >= 0.6 is 0 Å². The third kappa shape index (κ3) is 3.24. The molecule has 3 heterocycles. The zero-order chi connectivity index (χ0) is 17.2. The van der Waals surface area contributed by atoms with Crippen molar-refractivity contribution in [3.05, 3.63) is 52.1 Å². The number of non-ortho nitro benzene ring substituents is 1. The molecule has 0 amide bonds. The quantitative estimate of drug-likeness (QED) is 0.506. The van der Waals surface area contributed by atoms with Crippen LogP contribution in [0.4, 0.5) is 11.5 Å². The summed E-state index contributed by atoms with van der Waals surface area (Å²) < 4.78 is 1.42. The van der Waals surface area contributed by atoms with Gasteiger partial charge in [-0.05, 0) is 28.1 Å². The van der Waals surface area contributed by atoms with Crippen LogP contribution in [0.5, 0.6) is 0 Å². The summed E-state index contributed by atoms with van der Waals surface area (Å²) in [5, 5.41) is 26.6. The Balaban J connectivity index is 1.39. The normalized spacial score (nSPS) is 15.6. The molecule has 1 saturated heterocycles. The molecule has 1 aliphatic heterocycles. The highest BCUT2D eigenvalue weighted by molar-refractivity contribution is 5.44. The molecule has 10 heteroatoms. The van der Waals surface area contributed by atoms with Crippen molar-refractivity contribution in [2.24, 2.45) is 0 Å². The summed E-state index contributed by atoms with van der Waals surface area (Å²) in [5.41, 5.74) is 1.71. The molecule has 1 aliphatic rings. The minimum atomic E-state index is -0.359.